The van der Waals surface area contributed by atoms with Crippen LogP contribution in [0.5, 0.6) is 0 Å². The number of guanidine groups is 1. The third-order valence-electron chi connectivity index (χ3n) is 5.83. The first-order valence-corrected chi connectivity index (χ1v) is 9.59. The van der Waals surface area contributed by atoms with Crippen molar-refractivity contribution in [2.45, 2.75) is 39.0 Å². The zero-order chi connectivity index (χ0) is 17.0. The predicted molar refractivity (Wildman–Crippen MR) is 97.1 cm³/mol. The Balaban J connectivity index is 1.61. The van der Waals surface area contributed by atoms with E-state index in [1.54, 1.807) is 0 Å². The smallest absolute Gasteiger partial charge is 0.220 e. The minimum atomic E-state index is 0.124. The van der Waals surface area contributed by atoms with Crippen LogP contribution in [-0.2, 0) is 4.79 Å². The summed E-state index contributed by atoms with van der Waals surface area (Å²) in [6, 6.07) is 0. The van der Waals surface area contributed by atoms with Crippen LogP contribution in [0.1, 0.15) is 39.0 Å². The largest absolute Gasteiger partial charge is 0.357 e. The number of hydrogen-bond acceptors (Lipinski definition) is 3. The summed E-state index contributed by atoms with van der Waals surface area (Å²) in [6.45, 7) is 9.17. The van der Waals surface area contributed by atoms with Gasteiger partial charge in [0.15, 0.2) is 5.96 Å². The van der Waals surface area contributed by atoms with Crippen molar-refractivity contribution in [3.8, 4) is 0 Å². The van der Waals surface area contributed by atoms with E-state index in [9.17, 15) is 4.79 Å². The van der Waals surface area contributed by atoms with Crippen LogP contribution in [0.3, 0.4) is 0 Å². The molecule has 3 rings (SSSR count). The first kappa shape index (κ1) is 17.5. The van der Waals surface area contributed by atoms with Gasteiger partial charge in [-0.25, -0.2) is 0 Å². The molecule has 3 aliphatic heterocycles. The van der Waals surface area contributed by atoms with Crippen LogP contribution in [0.4, 0.5) is 0 Å². The summed E-state index contributed by atoms with van der Waals surface area (Å²) in [5.74, 6) is 1.98. The standard InChI is InChI=1S/C18H33N5O/c1-3-19-17(20-12-15-5-9-22(2)10-6-15)23-8-4-7-18(14-23)11-16(24)21-13-18/h15H,3-14H2,1-2H3,(H,19,20)(H,21,24). The lowest BCUT2D eigenvalue weighted by Crippen LogP contribution is -2.51. The number of likely N-dealkylation sites (tertiary alicyclic amines) is 2. The van der Waals surface area contributed by atoms with Crippen LogP contribution in [0, 0.1) is 11.3 Å². The Morgan fingerprint density at radius 2 is 2.17 bits per heavy atom. The quantitative estimate of drug-likeness (QED) is 0.594. The molecule has 0 aromatic carbocycles. The highest BCUT2D eigenvalue weighted by molar-refractivity contribution is 5.81. The normalized spacial score (nSPS) is 30.0. The van der Waals surface area contributed by atoms with Crippen molar-refractivity contribution in [3.63, 3.8) is 0 Å². The Kier molecular flexibility index (Phi) is 5.64. The molecule has 0 aliphatic carbocycles. The second-order valence-electron chi connectivity index (χ2n) is 7.92. The molecule has 136 valence electrons. The highest BCUT2D eigenvalue weighted by Gasteiger charge is 2.42. The Morgan fingerprint density at radius 1 is 1.38 bits per heavy atom. The molecule has 1 spiro atoms. The molecule has 0 bridgehead atoms. The van der Waals surface area contributed by atoms with Crippen LogP contribution >= 0.6 is 0 Å². The van der Waals surface area contributed by atoms with E-state index in [2.05, 4.69) is 34.4 Å². The first-order chi connectivity index (χ1) is 11.6. The van der Waals surface area contributed by atoms with Crippen molar-refractivity contribution in [2.24, 2.45) is 16.3 Å². The van der Waals surface area contributed by atoms with E-state index in [1.165, 1.54) is 25.9 Å². The second kappa shape index (κ2) is 7.72. The van der Waals surface area contributed by atoms with Crippen LogP contribution in [0.15, 0.2) is 4.99 Å². The molecule has 1 atom stereocenters. The highest BCUT2D eigenvalue weighted by atomic mass is 16.1. The van der Waals surface area contributed by atoms with Crippen LogP contribution in [0.2, 0.25) is 0 Å². The predicted octanol–water partition coefficient (Wildman–Crippen LogP) is 0.896. The van der Waals surface area contributed by atoms with Crippen LogP contribution in [-0.4, -0.2) is 74.5 Å². The maximum Gasteiger partial charge on any atom is 0.220 e. The van der Waals surface area contributed by atoms with E-state index >= 15 is 0 Å². The van der Waals surface area contributed by atoms with Gasteiger partial charge in [0, 0.05) is 44.6 Å². The Hall–Kier alpha value is -1.30. The minimum absolute atomic E-state index is 0.124. The number of piperidine rings is 2. The Morgan fingerprint density at radius 3 is 2.83 bits per heavy atom. The molecule has 0 radical (unpaired) electrons. The van der Waals surface area contributed by atoms with Gasteiger partial charge in [0.2, 0.25) is 5.91 Å². The molecule has 1 unspecified atom stereocenters. The fourth-order valence-electron chi connectivity index (χ4n) is 4.31. The summed E-state index contributed by atoms with van der Waals surface area (Å²) >= 11 is 0. The number of hydrogen-bond donors (Lipinski definition) is 2. The SMILES string of the molecule is CCNC(=NCC1CCN(C)CC1)N1CCCC2(CNC(=O)C2)C1. The van der Waals surface area contributed by atoms with Gasteiger partial charge in [-0.3, -0.25) is 9.79 Å². The molecule has 3 heterocycles. The average molecular weight is 335 g/mol. The van der Waals surface area contributed by atoms with Gasteiger partial charge in [-0.15, -0.1) is 0 Å². The van der Waals surface area contributed by atoms with Crippen molar-refractivity contribution < 1.29 is 4.79 Å². The molecule has 2 N–H and O–H groups in total. The number of nitrogens with one attached hydrogen (secondary N) is 2. The molecular formula is C18H33N5O. The number of aliphatic imine (C=N–C) groups is 1. The van der Waals surface area contributed by atoms with Gasteiger partial charge < -0.3 is 20.4 Å². The van der Waals surface area contributed by atoms with Crippen molar-refractivity contribution >= 4 is 11.9 Å². The number of carbonyl (C=O) groups is 1. The van der Waals surface area contributed by atoms with Gasteiger partial charge in [0.25, 0.3) is 0 Å². The zero-order valence-corrected chi connectivity index (χ0v) is 15.3. The maximum absolute atomic E-state index is 11.7. The lowest BCUT2D eigenvalue weighted by atomic mass is 9.79. The lowest BCUT2D eigenvalue weighted by Gasteiger charge is -2.41. The minimum Gasteiger partial charge on any atom is -0.357 e. The van der Waals surface area contributed by atoms with E-state index in [0.717, 1.165) is 51.5 Å². The lowest BCUT2D eigenvalue weighted by molar-refractivity contribution is -0.119. The topological polar surface area (TPSA) is 60.0 Å². The Bertz CT molecular complexity index is 472. The molecule has 1 amide bonds. The van der Waals surface area contributed by atoms with Gasteiger partial charge in [-0.05, 0) is 58.7 Å². The van der Waals surface area contributed by atoms with E-state index in [4.69, 9.17) is 4.99 Å². The first-order valence-electron chi connectivity index (χ1n) is 9.59. The van der Waals surface area contributed by atoms with E-state index in [0.29, 0.717) is 12.3 Å². The van der Waals surface area contributed by atoms with E-state index < -0.39 is 0 Å². The molecule has 24 heavy (non-hydrogen) atoms. The van der Waals surface area contributed by atoms with Crippen LogP contribution < -0.4 is 10.6 Å². The summed E-state index contributed by atoms with van der Waals surface area (Å²) < 4.78 is 0. The third-order valence-corrected chi connectivity index (χ3v) is 5.83. The van der Waals surface area contributed by atoms with Gasteiger partial charge in [-0.1, -0.05) is 0 Å². The molecule has 3 fully saturated rings. The number of nitrogens with zero attached hydrogens (tertiary/aromatic N) is 3. The van der Waals surface area contributed by atoms with Crippen LogP contribution in [0.25, 0.3) is 0 Å². The molecule has 6 nitrogen and oxygen atoms in total. The number of rotatable bonds is 3. The summed E-state index contributed by atoms with van der Waals surface area (Å²) in [7, 11) is 2.20. The van der Waals surface area contributed by atoms with Gasteiger partial charge in [-0.2, -0.15) is 0 Å². The van der Waals surface area contributed by atoms with Gasteiger partial charge in [0.1, 0.15) is 0 Å². The summed E-state index contributed by atoms with van der Waals surface area (Å²) in [4.78, 5) is 21.5. The monoisotopic (exact) mass is 335 g/mol. The highest BCUT2D eigenvalue weighted by Crippen LogP contribution is 2.36. The fraction of sp³-hybridized carbons (Fsp3) is 0.889. The van der Waals surface area contributed by atoms with Crippen molar-refractivity contribution in [3.05, 3.63) is 0 Å². The van der Waals surface area contributed by atoms with Gasteiger partial charge >= 0.3 is 0 Å². The number of amides is 1. The summed E-state index contributed by atoms with van der Waals surface area (Å²) in [5, 5.41) is 6.51. The van der Waals surface area contributed by atoms with Crippen molar-refractivity contribution in [1.29, 1.82) is 0 Å². The van der Waals surface area contributed by atoms with E-state index in [1.807, 2.05) is 0 Å². The average Bonchev–Trinajstić information content (AvgIpc) is 2.93. The fourth-order valence-corrected chi connectivity index (χ4v) is 4.31. The molecule has 3 saturated heterocycles. The van der Waals surface area contributed by atoms with E-state index in [-0.39, 0.29) is 11.3 Å². The molecule has 0 aromatic rings. The van der Waals surface area contributed by atoms with Crippen molar-refractivity contribution in [2.75, 3.05) is 52.9 Å². The van der Waals surface area contributed by atoms with Crippen molar-refractivity contribution in [1.82, 2.24) is 20.4 Å². The van der Waals surface area contributed by atoms with Gasteiger partial charge in [0.05, 0.1) is 0 Å². The molecular weight excluding hydrogens is 302 g/mol. The Labute approximate surface area is 146 Å². The molecule has 3 aliphatic rings. The maximum atomic E-state index is 11.7. The molecule has 0 saturated carbocycles. The second-order valence-corrected chi connectivity index (χ2v) is 7.92. The summed E-state index contributed by atoms with van der Waals surface area (Å²) in [6.07, 6.45) is 5.48. The molecule has 0 aromatic heterocycles. The molecule has 6 heteroatoms. The summed E-state index contributed by atoms with van der Waals surface area (Å²) in [5.41, 5.74) is 0.124. The number of carbonyl (C=O) groups excluding carboxylic acids is 1. The third kappa shape index (κ3) is 4.21. The zero-order valence-electron chi connectivity index (χ0n) is 15.3.